The van der Waals surface area contributed by atoms with E-state index < -0.39 is 0 Å². The van der Waals surface area contributed by atoms with Crippen LogP contribution in [0, 0.1) is 0 Å². The summed E-state index contributed by atoms with van der Waals surface area (Å²) in [5, 5.41) is 8.28. The van der Waals surface area contributed by atoms with Gasteiger partial charge < -0.3 is 5.84 Å². The summed E-state index contributed by atoms with van der Waals surface area (Å²) < 4.78 is 2.86. The van der Waals surface area contributed by atoms with Crippen molar-refractivity contribution >= 4 is 22.1 Å². The Bertz CT molecular complexity index is 761. The molecule has 3 aromatic rings. The summed E-state index contributed by atoms with van der Waals surface area (Å²) in [7, 11) is 0. The minimum atomic E-state index is 0.848. The second-order valence-electron chi connectivity index (χ2n) is 4.50. The highest BCUT2D eigenvalue weighted by molar-refractivity contribution is 9.10. The van der Waals surface area contributed by atoms with E-state index in [1.54, 1.807) is 6.21 Å². The third-order valence-corrected chi connectivity index (χ3v) is 3.62. The molecule has 0 atom stereocenters. The molecular formula is C16H13BrN4. The largest absolute Gasteiger partial charge is 0.323 e. The predicted octanol–water partition coefficient (Wildman–Crippen LogP) is 3.59. The average Bonchev–Trinajstić information content (AvgIpc) is 2.93. The van der Waals surface area contributed by atoms with Crippen LogP contribution in [0.3, 0.4) is 0 Å². The van der Waals surface area contributed by atoms with Crippen LogP contribution in [-0.2, 0) is 0 Å². The summed E-state index contributed by atoms with van der Waals surface area (Å²) in [5.41, 5.74) is 3.74. The Hall–Kier alpha value is -2.40. The first-order valence-corrected chi connectivity index (χ1v) is 7.21. The predicted molar refractivity (Wildman–Crippen MR) is 88.5 cm³/mol. The lowest BCUT2D eigenvalue weighted by atomic mass is 10.1. The van der Waals surface area contributed by atoms with Crippen LogP contribution in [0.5, 0.6) is 0 Å². The first kappa shape index (κ1) is 13.6. The van der Waals surface area contributed by atoms with Gasteiger partial charge in [-0.3, -0.25) is 0 Å². The van der Waals surface area contributed by atoms with Crippen LogP contribution < -0.4 is 5.84 Å². The fourth-order valence-electron chi connectivity index (χ4n) is 2.11. The zero-order chi connectivity index (χ0) is 14.7. The van der Waals surface area contributed by atoms with E-state index >= 15 is 0 Å². The number of hydrogen-bond acceptors (Lipinski definition) is 3. The van der Waals surface area contributed by atoms with E-state index in [2.05, 4.69) is 26.1 Å². The molecule has 5 heteroatoms. The van der Waals surface area contributed by atoms with Crippen LogP contribution in [-0.4, -0.2) is 16.0 Å². The number of nitrogens with zero attached hydrogens (tertiary/aromatic N) is 3. The van der Waals surface area contributed by atoms with Crippen molar-refractivity contribution in [3.63, 3.8) is 0 Å². The van der Waals surface area contributed by atoms with Gasteiger partial charge in [-0.05, 0) is 24.3 Å². The SMILES string of the molecule is N/N=C\c1cn(-c2ccccc2)nc1-c1ccc(Br)cc1. The van der Waals surface area contributed by atoms with E-state index in [9.17, 15) is 0 Å². The van der Waals surface area contributed by atoms with Crippen LogP contribution in [0.15, 0.2) is 70.4 Å². The number of benzene rings is 2. The number of nitrogens with two attached hydrogens (primary N) is 1. The third kappa shape index (κ3) is 2.87. The number of para-hydroxylation sites is 1. The lowest BCUT2D eigenvalue weighted by molar-refractivity contribution is 0.884. The Morgan fingerprint density at radius 2 is 1.76 bits per heavy atom. The molecule has 0 aliphatic heterocycles. The van der Waals surface area contributed by atoms with Gasteiger partial charge in [0.25, 0.3) is 0 Å². The first-order chi connectivity index (χ1) is 10.3. The second-order valence-corrected chi connectivity index (χ2v) is 5.41. The maximum absolute atomic E-state index is 5.30. The van der Waals surface area contributed by atoms with Crippen molar-refractivity contribution in [1.82, 2.24) is 9.78 Å². The minimum absolute atomic E-state index is 0.848. The van der Waals surface area contributed by atoms with E-state index in [4.69, 9.17) is 5.84 Å². The van der Waals surface area contributed by atoms with Crippen molar-refractivity contribution in [3.8, 4) is 16.9 Å². The Morgan fingerprint density at radius 3 is 2.43 bits per heavy atom. The Kier molecular flexibility index (Phi) is 3.83. The molecule has 0 unspecified atom stereocenters. The molecule has 21 heavy (non-hydrogen) atoms. The van der Waals surface area contributed by atoms with E-state index in [0.717, 1.165) is 27.0 Å². The number of rotatable bonds is 3. The zero-order valence-electron chi connectivity index (χ0n) is 11.1. The fourth-order valence-corrected chi connectivity index (χ4v) is 2.37. The number of halogens is 1. The van der Waals surface area contributed by atoms with Crippen molar-refractivity contribution in [3.05, 3.63) is 70.8 Å². The summed E-state index contributed by atoms with van der Waals surface area (Å²) >= 11 is 3.44. The van der Waals surface area contributed by atoms with Gasteiger partial charge in [-0.2, -0.15) is 10.2 Å². The highest BCUT2D eigenvalue weighted by atomic mass is 79.9. The lowest BCUT2D eigenvalue weighted by Gasteiger charge is -2.00. The zero-order valence-corrected chi connectivity index (χ0v) is 12.7. The molecule has 1 heterocycles. The minimum Gasteiger partial charge on any atom is -0.323 e. The molecule has 1 aromatic heterocycles. The van der Waals surface area contributed by atoms with Gasteiger partial charge in [-0.1, -0.05) is 46.3 Å². The Balaban J connectivity index is 2.11. The number of hydrogen-bond donors (Lipinski definition) is 1. The summed E-state index contributed by atoms with van der Waals surface area (Å²) in [6.45, 7) is 0. The molecule has 0 fully saturated rings. The van der Waals surface area contributed by atoms with Crippen molar-refractivity contribution in [2.45, 2.75) is 0 Å². The number of aromatic nitrogens is 2. The molecule has 104 valence electrons. The van der Waals surface area contributed by atoms with Crippen molar-refractivity contribution in [2.75, 3.05) is 0 Å². The van der Waals surface area contributed by atoms with E-state index in [1.165, 1.54) is 0 Å². The molecule has 0 radical (unpaired) electrons. The summed E-state index contributed by atoms with van der Waals surface area (Å²) in [4.78, 5) is 0. The van der Waals surface area contributed by atoms with Gasteiger partial charge in [0.1, 0.15) is 5.69 Å². The van der Waals surface area contributed by atoms with Crippen LogP contribution in [0.25, 0.3) is 16.9 Å². The first-order valence-electron chi connectivity index (χ1n) is 6.42. The molecule has 4 nitrogen and oxygen atoms in total. The molecule has 2 aromatic carbocycles. The lowest BCUT2D eigenvalue weighted by Crippen LogP contribution is -1.93. The smallest absolute Gasteiger partial charge is 0.102 e. The van der Waals surface area contributed by atoms with Crippen LogP contribution in [0.4, 0.5) is 0 Å². The van der Waals surface area contributed by atoms with Crippen molar-refractivity contribution < 1.29 is 0 Å². The quantitative estimate of drug-likeness (QED) is 0.450. The molecule has 3 rings (SSSR count). The van der Waals surface area contributed by atoms with Crippen LogP contribution >= 0.6 is 15.9 Å². The maximum Gasteiger partial charge on any atom is 0.102 e. The normalized spacial score (nSPS) is 11.1. The molecule has 0 aliphatic carbocycles. The molecule has 0 amide bonds. The van der Waals surface area contributed by atoms with Crippen molar-refractivity contribution in [2.24, 2.45) is 10.9 Å². The summed E-state index contributed by atoms with van der Waals surface area (Å²) in [6.07, 6.45) is 3.53. The number of hydrazone groups is 1. The van der Waals surface area contributed by atoms with Gasteiger partial charge >= 0.3 is 0 Å². The molecule has 0 spiro atoms. The van der Waals surface area contributed by atoms with Gasteiger partial charge in [0.05, 0.1) is 11.9 Å². The van der Waals surface area contributed by atoms with E-state index in [-0.39, 0.29) is 0 Å². The summed E-state index contributed by atoms with van der Waals surface area (Å²) in [6, 6.07) is 17.9. The highest BCUT2D eigenvalue weighted by Gasteiger charge is 2.10. The van der Waals surface area contributed by atoms with Gasteiger partial charge in [0.2, 0.25) is 0 Å². The second kappa shape index (κ2) is 5.93. The Morgan fingerprint density at radius 1 is 1.05 bits per heavy atom. The van der Waals surface area contributed by atoms with Crippen molar-refractivity contribution in [1.29, 1.82) is 0 Å². The van der Waals surface area contributed by atoms with Gasteiger partial charge in [0, 0.05) is 21.8 Å². The molecule has 0 saturated carbocycles. The van der Waals surface area contributed by atoms with Crippen LogP contribution in [0.1, 0.15) is 5.56 Å². The van der Waals surface area contributed by atoms with Gasteiger partial charge in [0.15, 0.2) is 0 Å². The van der Waals surface area contributed by atoms with Gasteiger partial charge in [-0.25, -0.2) is 4.68 Å². The average molecular weight is 341 g/mol. The van der Waals surface area contributed by atoms with Gasteiger partial charge in [-0.15, -0.1) is 0 Å². The molecule has 0 saturated heterocycles. The molecule has 0 bridgehead atoms. The topological polar surface area (TPSA) is 56.2 Å². The standard InChI is InChI=1S/C16H13BrN4/c17-14-8-6-12(7-9-14)16-13(10-19-18)11-21(20-16)15-4-2-1-3-5-15/h1-11H,18H2/b19-10-. The molecular weight excluding hydrogens is 328 g/mol. The van der Waals surface area contributed by atoms with E-state index in [1.807, 2.05) is 65.5 Å². The fraction of sp³-hybridized carbons (Fsp3) is 0. The highest BCUT2D eigenvalue weighted by Crippen LogP contribution is 2.24. The monoisotopic (exact) mass is 340 g/mol. The molecule has 0 aliphatic rings. The van der Waals surface area contributed by atoms with Crippen LogP contribution in [0.2, 0.25) is 0 Å². The molecule has 2 N–H and O–H groups in total. The third-order valence-electron chi connectivity index (χ3n) is 3.09. The Labute approximate surface area is 131 Å². The summed E-state index contributed by atoms with van der Waals surface area (Å²) in [5.74, 6) is 5.30. The van der Waals surface area contributed by atoms with E-state index in [0.29, 0.717) is 0 Å². The maximum atomic E-state index is 5.30.